The minimum Gasteiger partial charge on any atom is -0.326 e. The van der Waals surface area contributed by atoms with Gasteiger partial charge in [-0.15, -0.1) is 0 Å². The number of nitrogens with two attached hydrogens (primary N) is 1. The number of hydrogen-bond donors (Lipinski definition) is 1. The molecule has 0 aliphatic rings. The van der Waals surface area contributed by atoms with Gasteiger partial charge < -0.3 is 5.73 Å². The van der Waals surface area contributed by atoms with Crippen molar-refractivity contribution in [3.05, 3.63) is 34.4 Å². The topological polar surface area (TPSA) is 49.8 Å². The third-order valence-corrected chi connectivity index (χ3v) is 2.20. The number of alkyl halides is 6. The van der Waals surface area contributed by atoms with Crippen molar-refractivity contribution in [2.75, 3.05) is 0 Å². The third kappa shape index (κ3) is 2.56. The van der Waals surface area contributed by atoms with Crippen LogP contribution < -0.4 is 5.73 Å². The van der Waals surface area contributed by atoms with Gasteiger partial charge in [-0.25, -0.2) is 0 Å². The number of benzene rings is 1. The minimum absolute atomic E-state index is 0.681. The normalized spacial score (nSPS) is 12.3. The Kier molecular flexibility index (Phi) is 3.57. The van der Waals surface area contributed by atoms with Crippen molar-refractivity contribution < 1.29 is 26.3 Å². The summed E-state index contributed by atoms with van der Waals surface area (Å²) in [5.74, 6) is 0. The van der Waals surface area contributed by atoms with Crippen molar-refractivity contribution in [2.24, 2.45) is 5.73 Å². The highest BCUT2D eigenvalue weighted by Gasteiger charge is 2.46. The van der Waals surface area contributed by atoms with E-state index in [1.165, 1.54) is 0 Å². The molecule has 2 N–H and O–H groups in total. The van der Waals surface area contributed by atoms with Crippen LogP contribution >= 0.6 is 0 Å². The predicted octanol–water partition coefficient (Wildman–Crippen LogP) is 3.05. The predicted molar refractivity (Wildman–Crippen MR) is 49.1 cm³/mol. The number of halogens is 6. The van der Waals surface area contributed by atoms with Crippen LogP contribution in [0.5, 0.6) is 0 Å². The van der Waals surface area contributed by atoms with Crippen molar-refractivity contribution in [2.45, 2.75) is 18.9 Å². The molecule has 0 aromatic heterocycles. The van der Waals surface area contributed by atoms with E-state index in [4.69, 9.17) is 11.0 Å². The van der Waals surface area contributed by atoms with Crippen LogP contribution in [0.15, 0.2) is 12.1 Å². The van der Waals surface area contributed by atoms with Crippen molar-refractivity contribution >= 4 is 0 Å². The first-order chi connectivity index (χ1) is 8.12. The monoisotopic (exact) mass is 268 g/mol. The van der Waals surface area contributed by atoms with E-state index in [2.05, 4.69) is 0 Å². The van der Waals surface area contributed by atoms with Crippen molar-refractivity contribution in [1.29, 1.82) is 5.26 Å². The van der Waals surface area contributed by atoms with Crippen LogP contribution in [0.2, 0.25) is 0 Å². The van der Waals surface area contributed by atoms with Crippen LogP contribution in [0, 0.1) is 11.3 Å². The highest BCUT2D eigenvalue weighted by atomic mass is 19.4. The molecule has 0 unspecified atom stereocenters. The van der Waals surface area contributed by atoms with Gasteiger partial charge in [0.15, 0.2) is 0 Å². The zero-order valence-corrected chi connectivity index (χ0v) is 8.65. The lowest BCUT2D eigenvalue weighted by Crippen LogP contribution is -2.21. The van der Waals surface area contributed by atoms with Crippen LogP contribution in [0.1, 0.15) is 22.3 Å². The molecule has 2 nitrogen and oxygen atoms in total. The van der Waals surface area contributed by atoms with Gasteiger partial charge in [0.2, 0.25) is 0 Å². The highest BCUT2D eigenvalue weighted by molar-refractivity contribution is 5.50. The van der Waals surface area contributed by atoms with E-state index in [0.29, 0.717) is 6.07 Å². The molecule has 1 aromatic rings. The molecule has 0 saturated heterocycles. The van der Waals surface area contributed by atoms with Crippen LogP contribution in [0.25, 0.3) is 0 Å². The van der Waals surface area contributed by atoms with Gasteiger partial charge in [0.05, 0.1) is 22.8 Å². The quantitative estimate of drug-likeness (QED) is 0.796. The van der Waals surface area contributed by atoms with E-state index in [0.717, 1.165) is 12.1 Å². The zero-order chi connectivity index (χ0) is 14.1. The number of hydrogen-bond acceptors (Lipinski definition) is 2. The zero-order valence-electron chi connectivity index (χ0n) is 8.65. The summed E-state index contributed by atoms with van der Waals surface area (Å²) in [6, 6.07) is 2.56. The lowest BCUT2D eigenvalue weighted by atomic mass is 9.95. The van der Waals surface area contributed by atoms with Crippen LogP contribution in [0.3, 0.4) is 0 Å². The molecule has 0 aliphatic carbocycles. The Morgan fingerprint density at radius 1 is 1.00 bits per heavy atom. The van der Waals surface area contributed by atoms with Crippen molar-refractivity contribution in [3.8, 4) is 6.07 Å². The largest absolute Gasteiger partial charge is 0.418 e. The molecule has 0 fully saturated rings. The minimum atomic E-state index is -5.28. The third-order valence-electron chi connectivity index (χ3n) is 2.20. The van der Waals surface area contributed by atoms with Gasteiger partial charge in [0.25, 0.3) is 0 Å². The molecular weight excluding hydrogens is 262 g/mol. The van der Waals surface area contributed by atoms with Crippen molar-refractivity contribution in [1.82, 2.24) is 0 Å². The van der Waals surface area contributed by atoms with Gasteiger partial charge in [0, 0.05) is 6.54 Å². The first-order valence-electron chi connectivity index (χ1n) is 4.53. The van der Waals surface area contributed by atoms with Crippen LogP contribution in [-0.2, 0) is 18.9 Å². The standard InChI is InChI=1S/C10H6F6N2/c11-9(12,13)7-5(3-17)1-2-6(4-18)8(7)10(14,15)16/h1-2H,3,17H2. The number of nitriles is 1. The Bertz CT molecular complexity index is 495. The van der Waals surface area contributed by atoms with E-state index in [1.54, 1.807) is 0 Å². The maximum Gasteiger partial charge on any atom is 0.418 e. The Balaban J connectivity index is 3.78. The summed E-state index contributed by atoms with van der Waals surface area (Å²) in [5, 5.41) is 8.49. The molecule has 0 spiro atoms. The number of rotatable bonds is 1. The molecular formula is C10H6F6N2. The van der Waals surface area contributed by atoms with E-state index >= 15 is 0 Å². The average Bonchev–Trinajstić information content (AvgIpc) is 2.24. The molecule has 0 aliphatic heterocycles. The molecule has 0 saturated carbocycles. The van der Waals surface area contributed by atoms with E-state index in [1.807, 2.05) is 0 Å². The molecule has 8 heteroatoms. The summed E-state index contributed by atoms with van der Waals surface area (Å²) in [7, 11) is 0. The first-order valence-corrected chi connectivity index (χ1v) is 4.53. The van der Waals surface area contributed by atoms with E-state index < -0.39 is 41.2 Å². The summed E-state index contributed by atoms with van der Waals surface area (Å²) >= 11 is 0. The maximum atomic E-state index is 12.7. The maximum absolute atomic E-state index is 12.7. The highest BCUT2D eigenvalue weighted by Crippen LogP contribution is 2.43. The fourth-order valence-electron chi connectivity index (χ4n) is 1.53. The molecule has 0 radical (unpaired) electrons. The van der Waals surface area contributed by atoms with Gasteiger partial charge in [-0.3, -0.25) is 0 Å². The van der Waals surface area contributed by atoms with Gasteiger partial charge in [-0.1, -0.05) is 6.07 Å². The fourth-order valence-corrected chi connectivity index (χ4v) is 1.53. The molecule has 1 rings (SSSR count). The smallest absolute Gasteiger partial charge is 0.326 e. The van der Waals surface area contributed by atoms with Gasteiger partial charge in [0.1, 0.15) is 0 Å². The van der Waals surface area contributed by atoms with Crippen molar-refractivity contribution in [3.63, 3.8) is 0 Å². The second-order valence-corrected chi connectivity index (χ2v) is 3.33. The van der Waals surface area contributed by atoms with Gasteiger partial charge in [-0.2, -0.15) is 31.6 Å². The summed E-state index contributed by atoms with van der Waals surface area (Å²) in [6.45, 7) is -0.705. The van der Waals surface area contributed by atoms with E-state index in [-0.39, 0.29) is 0 Å². The molecule has 0 atom stereocenters. The second kappa shape index (κ2) is 4.49. The number of nitrogens with zero attached hydrogens (tertiary/aromatic N) is 1. The molecule has 0 amide bonds. The summed E-state index contributed by atoms with van der Waals surface area (Å²) in [6.07, 6.45) is -10.5. The first kappa shape index (κ1) is 14.3. The fraction of sp³-hybridized carbons (Fsp3) is 0.300. The molecule has 98 valence electrons. The molecule has 0 bridgehead atoms. The summed E-state index contributed by atoms with van der Waals surface area (Å²) in [5.41, 5.74) is -0.654. The lowest BCUT2D eigenvalue weighted by Gasteiger charge is -2.19. The molecule has 0 heterocycles. The molecule has 1 aromatic carbocycles. The van der Waals surface area contributed by atoms with Gasteiger partial charge in [-0.05, 0) is 11.6 Å². The summed E-state index contributed by atoms with van der Waals surface area (Å²) < 4.78 is 76.0. The Morgan fingerprint density at radius 3 is 1.83 bits per heavy atom. The SMILES string of the molecule is N#Cc1ccc(CN)c(C(F)(F)F)c1C(F)(F)F. The van der Waals surface area contributed by atoms with Crippen LogP contribution in [0.4, 0.5) is 26.3 Å². The van der Waals surface area contributed by atoms with Crippen LogP contribution in [-0.4, -0.2) is 0 Å². The molecule has 18 heavy (non-hydrogen) atoms. The second-order valence-electron chi connectivity index (χ2n) is 3.33. The Labute approximate surface area is 97.6 Å². The Hall–Kier alpha value is -1.75. The Morgan fingerprint density at radius 2 is 1.50 bits per heavy atom. The lowest BCUT2D eigenvalue weighted by molar-refractivity contribution is -0.162. The average molecular weight is 268 g/mol. The van der Waals surface area contributed by atoms with E-state index in [9.17, 15) is 26.3 Å². The summed E-state index contributed by atoms with van der Waals surface area (Å²) in [4.78, 5) is 0. The van der Waals surface area contributed by atoms with Gasteiger partial charge >= 0.3 is 12.4 Å².